The number of hydrogen-bond acceptors (Lipinski definition) is 7. The van der Waals surface area contributed by atoms with Crippen LogP contribution in [-0.4, -0.2) is 66.5 Å². The van der Waals surface area contributed by atoms with Crippen molar-refractivity contribution in [3.05, 3.63) is 100 Å². The van der Waals surface area contributed by atoms with Crippen LogP contribution in [0.5, 0.6) is 5.75 Å². The standard InChI is InChI=1S/C39H45BClNO8Si/c1-39(2,3)51(27-13-7-4-8-14-27,28-15-9-5-10-16-28)49-24-25-21-31-35(38(47)42(37(31)46)20-12-6-11-17-34(44)45)30-23-33(50-40(48)36(25)30)29-19-18-26(43)22-32(29)41/h4-5,7-10,13-16,18-19,22,30-31,33,35,43,48H,6,11-12,17,20-21,23-24H2,1-3H3,(H,44,45)/t30-,31-,33-,35+/m0/s1. The van der Waals surface area contributed by atoms with Crippen molar-refractivity contribution in [1.82, 2.24) is 4.90 Å². The van der Waals surface area contributed by atoms with Gasteiger partial charge in [0.2, 0.25) is 11.8 Å². The van der Waals surface area contributed by atoms with Crippen LogP contribution < -0.4 is 10.4 Å². The number of amides is 2. The molecular weight excluding hydrogens is 685 g/mol. The lowest BCUT2D eigenvalue weighted by Gasteiger charge is -2.45. The van der Waals surface area contributed by atoms with Gasteiger partial charge in [0.1, 0.15) is 5.75 Å². The molecule has 51 heavy (non-hydrogen) atoms. The summed E-state index contributed by atoms with van der Waals surface area (Å²) >= 11 is 6.55. The van der Waals surface area contributed by atoms with Gasteiger partial charge in [0, 0.05) is 18.0 Å². The summed E-state index contributed by atoms with van der Waals surface area (Å²) in [6, 6.07) is 25.1. The molecular formula is C39H45BClNO8Si. The number of nitrogens with zero attached hydrogens (tertiary/aromatic N) is 1. The van der Waals surface area contributed by atoms with Crippen molar-refractivity contribution in [3.63, 3.8) is 0 Å². The fourth-order valence-electron chi connectivity index (χ4n) is 8.49. The summed E-state index contributed by atoms with van der Waals surface area (Å²) in [7, 11) is -4.37. The molecule has 3 N–H and O–H groups in total. The summed E-state index contributed by atoms with van der Waals surface area (Å²) < 4.78 is 13.5. The molecule has 0 aromatic heterocycles. The zero-order valence-electron chi connectivity index (χ0n) is 29.3. The molecule has 12 heteroatoms. The summed E-state index contributed by atoms with van der Waals surface area (Å²) in [5, 5.41) is 33.0. The Morgan fingerprint density at radius 1 is 0.961 bits per heavy atom. The molecule has 4 atom stereocenters. The van der Waals surface area contributed by atoms with Gasteiger partial charge in [0.05, 0.1) is 24.5 Å². The molecule has 9 nitrogen and oxygen atoms in total. The number of unbranched alkanes of at least 4 members (excludes halogenated alkanes) is 2. The Hall–Kier alpha value is -3.74. The van der Waals surface area contributed by atoms with E-state index >= 15 is 0 Å². The van der Waals surface area contributed by atoms with Gasteiger partial charge in [-0.05, 0) is 75.8 Å². The first-order valence-corrected chi connectivity index (χ1v) is 20.0. The highest BCUT2D eigenvalue weighted by molar-refractivity contribution is 6.99. The fourth-order valence-corrected chi connectivity index (χ4v) is 13.3. The largest absolute Gasteiger partial charge is 0.508 e. The SMILES string of the molecule is CC(C)(C)[Si](OCC1=C2B(O)O[C@H](c3ccc(O)cc3Cl)C[C@H]2[C@H]2C(=O)N(CCCCCC(=O)O)C(=O)[C@H]2C1)(c1ccccc1)c1ccccc1. The number of likely N-dealkylation sites (tertiary alicyclic amines) is 1. The smallest absolute Gasteiger partial charge is 0.487 e. The number of fused-ring (bicyclic) bond motifs is 3. The van der Waals surface area contributed by atoms with Gasteiger partial charge in [-0.2, -0.15) is 0 Å². The molecule has 2 heterocycles. The molecule has 3 aromatic rings. The molecule has 2 saturated heterocycles. The van der Waals surface area contributed by atoms with Crippen LogP contribution in [0.15, 0.2) is 89.9 Å². The van der Waals surface area contributed by atoms with Gasteiger partial charge in [-0.15, -0.1) is 0 Å². The molecule has 3 aromatic carbocycles. The van der Waals surface area contributed by atoms with Gasteiger partial charge in [0.15, 0.2) is 0 Å². The van der Waals surface area contributed by atoms with E-state index < -0.39 is 45.3 Å². The van der Waals surface area contributed by atoms with Crippen LogP contribution >= 0.6 is 11.6 Å². The van der Waals surface area contributed by atoms with Crippen LogP contribution in [-0.2, 0) is 23.5 Å². The average Bonchev–Trinajstić information content (AvgIpc) is 3.33. The summed E-state index contributed by atoms with van der Waals surface area (Å²) in [5.41, 5.74) is 1.93. The summed E-state index contributed by atoms with van der Waals surface area (Å²) in [5.74, 6) is -3.25. The number of aliphatic carboxylic acids is 1. The average molecular weight is 730 g/mol. The first-order chi connectivity index (χ1) is 24.3. The topological polar surface area (TPSA) is 134 Å². The highest BCUT2D eigenvalue weighted by Gasteiger charge is 2.58. The number of carboxylic acid groups (broad SMARTS) is 1. The van der Waals surface area contributed by atoms with Crippen molar-refractivity contribution in [2.45, 2.75) is 70.4 Å². The minimum absolute atomic E-state index is 0.00301. The summed E-state index contributed by atoms with van der Waals surface area (Å²) in [4.78, 5) is 40.6. The van der Waals surface area contributed by atoms with Gasteiger partial charge < -0.3 is 24.3 Å². The number of aromatic hydroxyl groups is 1. The zero-order chi connectivity index (χ0) is 36.5. The number of rotatable bonds is 12. The van der Waals surface area contributed by atoms with E-state index in [2.05, 4.69) is 45.0 Å². The number of allylic oxidation sites excluding steroid dienone is 1. The Kier molecular flexibility index (Phi) is 11.0. The monoisotopic (exact) mass is 729 g/mol. The van der Waals surface area contributed by atoms with Crippen molar-refractivity contribution >= 4 is 55.2 Å². The number of carboxylic acids is 1. The lowest BCUT2D eigenvalue weighted by molar-refractivity contribution is -0.141. The minimum atomic E-state index is -3.00. The second-order valence-electron chi connectivity index (χ2n) is 14.9. The highest BCUT2D eigenvalue weighted by Crippen LogP contribution is 2.52. The third kappa shape index (κ3) is 7.19. The number of phenolic OH excluding ortho intramolecular Hbond substituents is 1. The van der Waals surface area contributed by atoms with Crippen LogP contribution in [0.4, 0.5) is 0 Å². The van der Waals surface area contributed by atoms with Gasteiger partial charge in [-0.1, -0.05) is 106 Å². The highest BCUT2D eigenvalue weighted by atomic mass is 35.5. The number of benzene rings is 3. The van der Waals surface area contributed by atoms with Gasteiger partial charge in [-0.3, -0.25) is 19.3 Å². The van der Waals surface area contributed by atoms with E-state index in [1.807, 2.05) is 36.4 Å². The third-order valence-electron chi connectivity index (χ3n) is 10.8. The molecule has 1 aliphatic carbocycles. The maximum atomic E-state index is 14.1. The third-order valence-corrected chi connectivity index (χ3v) is 16.1. The number of carbonyl (C=O) groups is 3. The molecule has 0 spiro atoms. The fraction of sp³-hybridized carbons (Fsp3) is 0.410. The van der Waals surface area contributed by atoms with E-state index in [1.54, 1.807) is 6.07 Å². The van der Waals surface area contributed by atoms with Crippen molar-refractivity contribution < 1.29 is 38.7 Å². The Labute approximate surface area is 305 Å². The number of hydrogen-bond donors (Lipinski definition) is 3. The van der Waals surface area contributed by atoms with E-state index in [9.17, 15) is 24.5 Å². The number of phenols is 1. The molecule has 268 valence electrons. The number of imide groups is 1. The molecule has 2 aliphatic heterocycles. The zero-order valence-corrected chi connectivity index (χ0v) is 31.0. The lowest BCUT2D eigenvalue weighted by Crippen LogP contribution is -2.66. The number of carbonyl (C=O) groups excluding carboxylic acids is 2. The van der Waals surface area contributed by atoms with E-state index in [-0.39, 0.29) is 53.6 Å². The van der Waals surface area contributed by atoms with Crippen LogP contribution in [0.1, 0.15) is 71.0 Å². The van der Waals surface area contributed by atoms with E-state index in [0.717, 1.165) is 15.9 Å². The normalized spacial score (nSPS) is 22.3. The first-order valence-electron chi connectivity index (χ1n) is 17.7. The van der Waals surface area contributed by atoms with E-state index in [0.29, 0.717) is 36.7 Å². The molecule has 0 saturated carbocycles. The van der Waals surface area contributed by atoms with Gasteiger partial charge in [-0.25, -0.2) is 0 Å². The molecule has 2 amide bonds. The molecule has 6 rings (SSSR count). The second-order valence-corrected chi connectivity index (χ2v) is 19.6. The predicted molar refractivity (Wildman–Crippen MR) is 198 cm³/mol. The molecule has 3 aliphatic rings. The quantitative estimate of drug-likeness (QED) is 0.124. The van der Waals surface area contributed by atoms with E-state index in [4.69, 9.17) is 25.8 Å². The molecule has 0 bridgehead atoms. The van der Waals surface area contributed by atoms with Crippen LogP contribution in [0.3, 0.4) is 0 Å². The lowest BCUT2D eigenvalue weighted by atomic mass is 9.55. The summed E-state index contributed by atoms with van der Waals surface area (Å²) in [6.07, 6.45) is 1.46. The maximum Gasteiger partial charge on any atom is 0.487 e. The minimum Gasteiger partial charge on any atom is -0.508 e. The predicted octanol–water partition coefficient (Wildman–Crippen LogP) is 5.67. The Bertz CT molecular complexity index is 1760. The van der Waals surface area contributed by atoms with Crippen LogP contribution in [0.25, 0.3) is 0 Å². The van der Waals surface area contributed by atoms with Crippen molar-refractivity contribution in [3.8, 4) is 5.75 Å². The van der Waals surface area contributed by atoms with Crippen molar-refractivity contribution in [2.75, 3.05) is 13.2 Å². The Morgan fingerprint density at radius 3 is 2.20 bits per heavy atom. The molecule has 0 radical (unpaired) electrons. The molecule has 2 fully saturated rings. The van der Waals surface area contributed by atoms with Crippen molar-refractivity contribution in [1.29, 1.82) is 0 Å². The van der Waals surface area contributed by atoms with Gasteiger partial charge >= 0.3 is 13.1 Å². The number of halogens is 1. The second kappa shape index (κ2) is 15.1. The Morgan fingerprint density at radius 2 is 1.61 bits per heavy atom. The maximum absolute atomic E-state index is 14.1. The Balaban J connectivity index is 1.38. The van der Waals surface area contributed by atoms with Crippen molar-refractivity contribution in [2.24, 2.45) is 17.8 Å². The van der Waals surface area contributed by atoms with Crippen LogP contribution in [0.2, 0.25) is 10.1 Å². The van der Waals surface area contributed by atoms with Crippen LogP contribution in [0, 0.1) is 17.8 Å². The first kappa shape index (κ1) is 37.0. The molecule has 0 unspecified atom stereocenters. The van der Waals surface area contributed by atoms with E-state index in [1.165, 1.54) is 17.0 Å². The summed E-state index contributed by atoms with van der Waals surface area (Å²) in [6.45, 7) is 6.93. The van der Waals surface area contributed by atoms with Gasteiger partial charge in [0.25, 0.3) is 8.32 Å².